The van der Waals surface area contributed by atoms with Gasteiger partial charge in [-0.1, -0.05) is 12.1 Å². The summed E-state index contributed by atoms with van der Waals surface area (Å²) in [5, 5.41) is 12.7. The smallest absolute Gasteiger partial charge is 0.0765 e. The SMILES string of the molecule is CC(O)c1cccc2c1CCN2. The quantitative estimate of drug-likeness (QED) is 0.660. The van der Waals surface area contributed by atoms with Crippen molar-refractivity contribution < 1.29 is 5.11 Å². The lowest BCUT2D eigenvalue weighted by Crippen LogP contribution is -1.95. The minimum absolute atomic E-state index is 0.347. The van der Waals surface area contributed by atoms with E-state index in [1.807, 2.05) is 19.1 Å². The molecule has 1 aromatic rings. The maximum atomic E-state index is 9.46. The second kappa shape index (κ2) is 2.79. The van der Waals surface area contributed by atoms with E-state index >= 15 is 0 Å². The predicted molar refractivity (Wildman–Crippen MR) is 49.3 cm³/mol. The minimum Gasteiger partial charge on any atom is -0.389 e. The van der Waals surface area contributed by atoms with Crippen LogP contribution in [-0.2, 0) is 6.42 Å². The van der Waals surface area contributed by atoms with Crippen molar-refractivity contribution in [2.24, 2.45) is 0 Å². The highest BCUT2D eigenvalue weighted by Gasteiger charge is 2.15. The lowest BCUT2D eigenvalue weighted by atomic mass is 10.0. The molecule has 0 amide bonds. The van der Waals surface area contributed by atoms with Crippen molar-refractivity contribution in [3.63, 3.8) is 0 Å². The molecule has 0 saturated carbocycles. The fourth-order valence-corrected chi connectivity index (χ4v) is 1.76. The number of hydrogen-bond acceptors (Lipinski definition) is 2. The van der Waals surface area contributed by atoms with Gasteiger partial charge in [0.1, 0.15) is 0 Å². The van der Waals surface area contributed by atoms with E-state index in [-0.39, 0.29) is 6.10 Å². The van der Waals surface area contributed by atoms with Gasteiger partial charge >= 0.3 is 0 Å². The molecule has 1 aliphatic heterocycles. The number of rotatable bonds is 1. The molecule has 2 N–H and O–H groups in total. The van der Waals surface area contributed by atoms with Gasteiger partial charge in [-0.25, -0.2) is 0 Å². The lowest BCUT2D eigenvalue weighted by molar-refractivity contribution is 0.198. The van der Waals surface area contributed by atoms with E-state index in [0.717, 1.165) is 18.5 Å². The molecule has 0 radical (unpaired) electrons. The Kier molecular flexibility index (Phi) is 1.77. The number of nitrogens with one attached hydrogen (secondary N) is 1. The van der Waals surface area contributed by atoms with Crippen LogP contribution in [-0.4, -0.2) is 11.7 Å². The molecule has 2 nitrogen and oxygen atoms in total. The molecule has 12 heavy (non-hydrogen) atoms. The maximum absolute atomic E-state index is 9.46. The van der Waals surface area contributed by atoms with Crippen LogP contribution >= 0.6 is 0 Å². The summed E-state index contributed by atoms with van der Waals surface area (Å²) in [4.78, 5) is 0. The van der Waals surface area contributed by atoms with Gasteiger partial charge in [0.05, 0.1) is 6.10 Å². The third-order valence-electron chi connectivity index (χ3n) is 2.35. The molecule has 0 bridgehead atoms. The third kappa shape index (κ3) is 1.08. The van der Waals surface area contributed by atoms with Crippen LogP contribution in [0.3, 0.4) is 0 Å². The maximum Gasteiger partial charge on any atom is 0.0765 e. The summed E-state index contributed by atoms with van der Waals surface area (Å²) < 4.78 is 0. The Bertz CT molecular complexity index is 294. The summed E-state index contributed by atoms with van der Waals surface area (Å²) >= 11 is 0. The van der Waals surface area contributed by atoms with Crippen LogP contribution < -0.4 is 5.32 Å². The Balaban J connectivity index is 2.49. The van der Waals surface area contributed by atoms with E-state index in [9.17, 15) is 5.11 Å². The van der Waals surface area contributed by atoms with Gasteiger partial charge in [-0.05, 0) is 30.5 Å². The van der Waals surface area contributed by atoms with Gasteiger partial charge in [-0.3, -0.25) is 0 Å². The van der Waals surface area contributed by atoms with Gasteiger partial charge in [-0.2, -0.15) is 0 Å². The second-order valence-corrected chi connectivity index (χ2v) is 3.23. The molecule has 1 aliphatic rings. The highest BCUT2D eigenvalue weighted by molar-refractivity contribution is 5.58. The van der Waals surface area contributed by atoms with Crippen molar-refractivity contribution in [2.45, 2.75) is 19.4 Å². The standard InChI is InChI=1S/C10H13NO/c1-7(12)8-3-2-4-10-9(8)5-6-11-10/h2-4,7,11-12H,5-6H2,1H3. The zero-order valence-corrected chi connectivity index (χ0v) is 7.17. The van der Waals surface area contributed by atoms with E-state index in [1.54, 1.807) is 0 Å². The first-order valence-electron chi connectivity index (χ1n) is 4.33. The van der Waals surface area contributed by atoms with E-state index in [2.05, 4.69) is 11.4 Å². The average molecular weight is 163 g/mol. The van der Waals surface area contributed by atoms with Crippen LogP contribution in [0.2, 0.25) is 0 Å². The van der Waals surface area contributed by atoms with Crippen molar-refractivity contribution in [2.75, 3.05) is 11.9 Å². The van der Waals surface area contributed by atoms with E-state index in [0.29, 0.717) is 0 Å². The normalized spacial score (nSPS) is 16.8. The van der Waals surface area contributed by atoms with Crippen LogP contribution in [0.15, 0.2) is 18.2 Å². The van der Waals surface area contributed by atoms with Gasteiger partial charge in [0.2, 0.25) is 0 Å². The lowest BCUT2D eigenvalue weighted by Gasteiger charge is -2.09. The van der Waals surface area contributed by atoms with Crippen molar-refractivity contribution >= 4 is 5.69 Å². The van der Waals surface area contributed by atoms with Crippen molar-refractivity contribution in [3.8, 4) is 0 Å². The largest absolute Gasteiger partial charge is 0.389 e. The summed E-state index contributed by atoms with van der Waals surface area (Å²) in [6, 6.07) is 6.05. The number of aliphatic hydroxyl groups excluding tert-OH is 1. The van der Waals surface area contributed by atoms with Crippen molar-refractivity contribution in [1.82, 2.24) is 0 Å². The Morgan fingerprint density at radius 1 is 1.50 bits per heavy atom. The van der Waals surface area contributed by atoms with Crippen LogP contribution in [0.4, 0.5) is 5.69 Å². The summed E-state index contributed by atoms with van der Waals surface area (Å²) in [5.74, 6) is 0. The van der Waals surface area contributed by atoms with Crippen LogP contribution in [0, 0.1) is 0 Å². The molecule has 1 atom stereocenters. The van der Waals surface area contributed by atoms with E-state index in [1.165, 1.54) is 11.3 Å². The van der Waals surface area contributed by atoms with Crippen molar-refractivity contribution in [1.29, 1.82) is 0 Å². The molecule has 0 fully saturated rings. The predicted octanol–water partition coefficient (Wildman–Crippen LogP) is 1.71. The second-order valence-electron chi connectivity index (χ2n) is 3.23. The zero-order chi connectivity index (χ0) is 8.55. The highest BCUT2D eigenvalue weighted by atomic mass is 16.3. The molecular weight excluding hydrogens is 150 g/mol. The Labute approximate surface area is 72.2 Å². The topological polar surface area (TPSA) is 32.3 Å². The van der Waals surface area contributed by atoms with E-state index in [4.69, 9.17) is 0 Å². The first kappa shape index (κ1) is 7.62. The molecule has 2 rings (SSSR count). The molecule has 1 heterocycles. The van der Waals surface area contributed by atoms with Crippen LogP contribution in [0.25, 0.3) is 0 Å². The Morgan fingerprint density at radius 3 is 3.08 bits per heavy atom. The highest BCUT2D eigenvalue weighted by Crippen LogP contribution is 2.28. The molecule has 0 spiro atoms. The molecule has 1 aromatic carbocycles. The molecule has 2 heteroatoms. The fraction of sp³-hybridized carbons (Fsp3) is 0.400. The van der Waals surface area contributed by atoms with Crippen LogP contribution in [0.1, 0.15) is 24.2 Å². The van der Waals surface area contributed by atoms with Crippen molar-refractivity contribution in [3.05, 3.63) is 29.3 Å². The fourth-order valence-electron chi connectivity index (χ4n) is 1.76. The Morgan fingerprint density at radius 2 is 2.33 bits per heavy atom. The van der Waals surface area contributed by atoms with Crippen LogP contribution in [0.5, 0.6) is 0 Å². The molecule has 0 saturated heterocycles. The monoisotopic (exact) mass is 163 g/mol. The summed E-state index contributed by atoms with van der Waals surface area (Å²) in [5.41, 5.74) is 3.54. The van der Waals surface area contributed by atoms with E-state index < -0.39 is 0 Å². The zero-order valence-electron chi connectivity index (χ0n) is 7.17. The summed E-state index contributed by atoms with van der Waals surface area (Å²) in [6.45, 7) is 2.81. The van der Waals surface area contributed by atoms with Gasteiger partial charge in [0.15, 0.2) is 0 Å². The van der Waals surface area contributed by atoms with Gasteiger partial charge in [-0.15, -0.1) is 0 Å². The number of hydrogen-bond donors (Lipinski definition) is 2. The molecule has 1 unspecified atom stereocenters. The first-order valence-corrected chi connectivity index (χ1v) is 4.33. The molecule has 0 aliphatic carbocycles. The minimum atomic E-state index is -0.347. The molecular formula is C10H13NO. The number of benzene rings is 1. The summed E-state index contributed by atoms with van der Waals surface area (Å²) in [7, 11) is 0. The Hall–Kier alpha value is -1.02. The van der Waals surface area contributed by atoms with Gasteiger partial charge in [0.25, 0.3) is 0 Å². The number of aliphatic hydroxyl groups is 1. The number of fused-ring (bicyclic) bond motifs is 1. The van der Waals surface area contributed by atoms with Gasteiger partial charge < -0.3 is 10.4 Å². The number of anilines is 1. The third-order valence-corrected chi connectivity index (χ3v) is 2.35. The average Bonchev–Trinajstić information content (AvgIpc) is 2.49. The van der Waals surface area contributed by atoms with Gasteiger partial charge in [0, 0.05) is 12.2 Å². The molecule has 0 aromatic heterocycles. The molecule has 64 valence electrons. The summed E-state index contributed by atoms with van der Waals surface area (Å²) in [6.07, 6.45) is 0.691. The first-order chi connectivity index (χ1) is 5.79.